The molecule has 6 nitrogen and oxygen atoms in total. The van der Waals surface area contributed by atoms with Crippen LogP contribution in [0.4, 0.5) is 5.69 Å². The van der Waals surface area contributed by atoms with Crippen LogP contribution in [-0.2, 0) is 11.3 Å². The summed E-state index contributed by atoms with van der Waals surface area (Å²) in [6, 6.07) is 17.4. The summed E-state index contributed by atoms with van der Waals surface area (Å²) in [6.07, 6.45) is 2.32. The van der Waals surface area contributed by atoms with Crippen LogP contribution in [-0.4, -0.2) is 27.9 Å². The quantitative estimate of drug-likeness (QED) is 0.786. The summed E-state index contributed by atoms with van der Waals surface area (Å²) >= 11 is 0. The third-order valence-electron chi connectivity index (χ3n) is 4.19. The van der Waals surface area contributed by atoms with Crippen molar-refractivity contribution >= 4 is 11.6 Å². The molecule has 0 radical (unpaired) electrons. The first-order chi connectivity index (χ1) is 12.7. The van der Waals surface area contributed by atoms with Gasteiger partial charge in [0.15, 0.2) is 11.5 Å². The van der Waals surface area contributed by atoms with Gasteiger partial charge in [-0.25, -0.2) is 0 Å². The summed E-state index contributed by atoms with van der Waals surface area (Å²) in [5, 5.41) is 7.15. The molecule has 4 rings (SSSR count). The van der Waals surface area contributed by atoms with Crippen LogP contribution >= 0.6 is 0 Å². The van der Waals surface area contributed by atoms with E-state index in [1.165, 1.54) is 0 Å². The smallest absolute Gasteiger partial charge is 0.269 e. The monoisotopic (exact) mass is 349 g/mol. The van der Waals surface area contributed by atoms with Gasteiger partial charge < -0.3 is 14.8 Å². The number of anilines is 1. The highest BCUT2D eigenvalue weighted by Crippen LogP contribution is 2.33. The largest absolute Gasteiger partial charge is 0.482 e. The van der Waals surface area contributed by atoms with Crippen molar-refractivity contribution in [3.05, 3.63) is 72.6 Å². The molecular weight excluding hydrogens is 330 g/mol. The van der Waals surface area contributed by atoms with Gasteiger partial charge in [0.1, 0.15) is 6.10 Å². The number of hydrogen-bond donors (Lipinski definition) is 1. The maximum Gasteiger partial charge on any atom is 0.269 e. The molecular formula is C20H19N3O3. The van der Waals surface area contributed by atoms with Crippen molar-refractivity contribution in [3.63, 3.8) is 0 Å². The SMILES string of the molecule is C[C@@H]1Oc2ccccc2O[C@@H]1C(=O)Nc1cnn(Cc2ccccc2)c1. The predicted octanol–water partition coefficient (Wildman–Crippen LogP) is 3.10. The second kappa shape index (κ2) is 6.92. The van der Waals surface area contributed by atoms with Gasteiger partial charge in [0.25, 0.3) is 5.91 Å². The Morgan fingerprint density at radius 2 is 1.77 bits per heavy atom. The predicted molar refractivity (Wildman–Crippen MR) is 97.3 cm³/mol. The topological polar surface area (TPSA) is 65.4 Å². The van der Waals surface area contributed by atoms with E-state index in [0.717, 1.165) is 5.56 Å². The molecule has 1 aliphatic rings. The molecule has 0 unspecified atom stereocenters. The molecule has 6 heteroatoms. The summed E-state index contributed by atoms with van der Waals surface area (Å²) in [5.74, 6) is 0.969. The van der Waals surface area contributed by atoms with Gasteiger partial charge in [-0.15, -0.1) is 0 Å². The molecule has 132 valence electrons. The molecule has 1 aromatic heterocycles. The third-order valence-corrected chi connectivity index (χ3v) is 4.19. The number of nitrogens with one attached hydrogen (secondary N) is 1. The molecule has 0 bridgehead atoms. The highest BCUT2D eigenvalue weighted by atomic mass is 16.6. The number of para-hydroxylation sites is 2. The van der Waals surface area contributed by atoms with E-state index in [1.54, 1.807) is 23.1 Å². The number of fused-ring (bicyclic) bond motifs is 1. The average Bonchev–Trinajstić information content (AvgIpc) is 3.08. The van der Waals surface area contributed by atoms with Crippen molar-refractivity contribution in [1.82, 2.24) is 9.78 Å². The first-order valence-electron chi connectivity index (χ1n) is 8.48. The van der Waals surface area contributed by atoms with Crippen LogP contribution in [0, 0.1) is 0 Å². The van der Waals surface area contributed by atoms with E-state index in [-0.39, 0.29) is 12.0 Å². The number of benzene rings is 2. The molecule has 26 heavy (non-hydrogen) atoms. The lowest BCUT2D eigenvalue weighted by atomic mass is 10.1. The fourth-order valence-electron chi connectivity index (χ4n) is 2.90. The van der Waals surface area contributed by atoms with Crippen LogP contribution in [0.25, 0.3) is 0 Å². The summed E-state index contributed by atoms with van der Waals surface area (Å²) in [4.78, 5) is 12.6. The Morgan fingerprint density at radius 1 is 1.08 bits per heavy atom. The Balaban J connectivity index is 1.42. The van der Waals surface area contributed by atoms with E-state index < -0.39 is 6.10 Å². The van der Waals surface area contributed by atoms with Gasteiger partial charge in [-0.1, -0.05) is 42.5 Å². The second-order valence-electron chi connectivity index (χ2n) is 6.21. The summed E-state index contributed by atoms with van der Waals surface area (Å²) in [5.41, 5.74) is 1.77. The van der Waals surface area contributed by atoms with Crippen molar-refractivity contribution in [2.75, 3.05) is 5.32 Å². The van der Waals surface area contributed by atoms with Crippen molar-refractivity contribution in [1.29, 1.82) is 0 Å². The van der Waals surface area contributed by atoms with Crippen molar-refractivity contribution in [2.45, 2.75) is 25.7 Å². The van der Waals surface area contributed by atoms with E-state index in [1.807, 2.05) is 55.5 Å². The number of nitrogens with zero attached hydrogens (tertiary/aromatic N) is 2. The number of amides is 1. The van der Waals surface area contributed by atoms with E-state index in [4.69, 9.17) is 9.47 Å². The Kier molecular flexibility index (Phi) is 4.31. The number of ether oxygens (including phenoxy) is 2. The minimum atomic E-state index is -0.720. The average molecular weight is 349 g/mol. The van der Waals surface area contributed by atoms with Crippen LogP contribution in [0.3, 0.4) is 0 Å². The van der Waals surface area contributed by atoms with Crippen molar-refractivity contribution in [3.8, 4) is 11.5 Å². The lowest BCUT2D eigenvalue weighted by Crippen LogP contribution is -2.46. The molecule has 2 aromatic carbocycles. The zero-order valence-electron chi connectivity index (χ0n) is 14.3. The molecule has 0 spiro atoms. The molecule has 1 aliphatic heterocycles. The van der Waals surface area contributed by atoms with Gasteiger partial charge in [-0.2, -0.15) is 5.10 Å². The molecule has 0 fully saturated rings. The summed E-state index contributed by atoms with van der Waals surface area (Å²) in [6.45, 7) is 2.46. The normalized spacial score (nSPS) is 18.3. The summed E-state index contributed by atoms with van der Waals surface area (Å²) in [7, 11) is 0. The first kappa shape index (κ1) is 16.2. The maximum absolute atomic E-state index is 12.6. The van der Waals surface area contributed by atoms with Crippen LogP contribution in [0.5, 0.6) is 11.5 Å². The second-order valence-corrected chi connectivity index (χ2v) is 6.21. The van der Waals surface area contributed by atoms with Crippen LogP contribution in [0.15, 0.2) is 67.0 Å². The zero-order chi connectivity index (χ0) is 17.9. The third kappa shape index (κ3) is 3.39. The molecule has 0 saturated heterocycles. The Bertz CT molecular complexity index is 907. The molecule has 3 aromatic rings. The number of carbonyl (C=O) groups is 1. The Labute approximate surface area is 151 Å². The minimum Gasteiger partial charge on any atom is -0.482 e. The van der Waals surface area contributed by atoms with Gasteiger partial charge in [-0.3, -0.25) is 9.48 Å². The number of rotatable bonds is 4. The number of aromatic nitrogens is 2. The van der Waals surface area contributed by atoms with Gasteiger partial charge >= 0.3 is 0 Å². The van der Waals surface area contributed by atoms with Crippen molar-refractivity contribution in [2.24, 2.45) is 0 Å². The number of carbonyl (C=O) groups excluding carboxylic acids is 1. The Morgan fingerprint density at radius 3 is 2.54 bits per heavy atom. The number of hydrogen-bond acceptors (Lipinski definition) is 4. The van der Waals surface area contributed by atoms with Crippen LogP contribution < -0.4 is 14.8 Å². The zero-order valence-corrected chi connectivity index (χ0v) is 14.3. The van der Waals surface area contributed by atoms with Crippen LogP contribution in [0.1, 0.15) is 12.5 Å². The maximum atomic E-state index is 12.6. The standard InChI is InChI=1S/C20H19N3O3/c1-14-19(26-18-10-6-5-9-17(18)25-14)20(24)22-16-11-21-23(13-16)12-15-7-3-2-4-8-15/h2-11,13-14,19H,12H2,1H3,(H,22,24)/t14-,19-/m0/s1. The van der Waals surface area contributed by atoms with E-state index in [2.05, 4.69) is 10.4 Å². The Hall–Kier alpha value is -3.28. The highest BCUT2D eigenvalue weighted by Gasteiger charge is 2.34. The molecule has 1 amide bonds. The van der Waals surface area contributed by atoms with Crippen LogP contribution in [0.2, 0.25) is 0 Å². The fourth-order valence-corrected chi connectivity index (χ4v) is 2.90. The van der Waals surface area contributed by atoms with E-state index >= 15 is 0 Å². The highest BCUT2D eigenvalue weighted by molar-refractivity contribution is 5.94. The lowest BCUT2D eigenvalue weighted by Gasteiger charge is -2.30. The van der Waals surface area contributed by atoms with Gasteiger partial charge in [0.2, 0.25) is 6.10 Å². The summed E-state index contributed by atoms with van der Waals surface area (Å²) < 4.78 is 13.4. The van der Waals surface area contributed by atoms with Gasteiger partial charge in [0.05, 0.1) is 18.4 Å². The van der Waals surface area contributed by atoms with E-state index in [9.17, 15) is 4.79 Å². The fraction of sp³-hybridized carbons (Fsp3) is 0.200. The molecule has 2 atom stereocenters. The van der Waals surface area contributed by atoms with Gasteiger partial charge in [0, 0.05) is 6.20 Å². The minimum absolute atomic E-state index is 0.258. The van der Waals surface area contributed by atoms with Gasteiger partial charge in [-0.05, 0) is 24.6 Å². The molecule has 2 heterocycles. The van der Waals surface area contributed by atoms with Crippen molar-refractivity contribution < 1.29 is 14.3 Å². The molecule has 0 aliphatic carbocycles. The first-order valence-corrected chi connectivity index (χ1v) is 8.48. The molecule has 0 saturated carbocycles. The lowest BCUT2D eigenvalue weighted by molar-refractivity contribution is -0.128. The molecule has 1 N–H and O–H groups in total. The van der Waals surface area contributed by atoms with E-state index in [0.29, 0.717) is 23.7 Å².